The van der Waals surface area contributed by atoms with Crippen LogP contribution < -0.4 is 15.4 Å². The molecular formula is C13H18F3N3O. The predicted octanol–water partition coefficient (Wildman–Crippen LogP) is 2.66. The van der Waals surface area contributed by atoms with Crippen LogP contribution in [0, 0.1) is 0 Å². The number of halogens is 3. The van der Waals surface area contributed by atoms with Crippen LogP contribution in [0.25, 0.3) is 0 Å². The molecule has 0 aliphatic rings. The number of ether oxygens (including phenoxy) is 1. The van der Waals surface area contributed by atoms with Crippen molar-refractivity contribution in [2.45, 2.75) is 26.3 Å². The van der Waals surface area contributed by atoms with Crippen molar-refractivity contribution in [2.24, 2.45) is 4.99 Å². The second kappa shape index (κ2) is 7.62. The van der Waals surface area contributed by atoms with E-state index < -0.39 is 6.36 Å². The van der Waals surface area contributed by atoms with E-state index in [0.29, 0.717) is 11.5 Å². The van der Waals surface area contributed by atoms with E-state index in [1.54, 1.807) is 19.2 Å². The molecule has 0 amide bonds. The van der Waals surface area contributed by atoms with Gasteiger partial charge in [0.05, 0.1) is 0 Å². The van der Waals surface area contributed by atoms with Gasteiger partial charge < -0.3 is 15.4 Å². The topological polar surface area (TPSA) is 45.7 Å². The average molecular weight is 289 g/mol. The molecule has 0 unspecified atom stereocenters. The molecular weight excluding hydrogens is 271 g/mol. The van der Waals surface area contributed by atoms with Gasteiger partial charge in [0.15, 0.2) is 5.96 Å². The maximum atomic E-state index is 12.3. The van der Waals surface area contributed by atoms with Gasteiger partial charge in [0, 0.05) is 25.7 Å². The Balaban J connectivity index is 2.68. The molecule has 1 aromatic carbocycles. The number of aliphatic imine (C=N–C) groups is 1. The monoisotopic (exact) mass is 289 g/mol. The standard InChI is InChI=1S/C13H18F3N3O/c1-3-8-18-12(17-2)19-9-10-6-4-5-7-11(10)20-13(14,15)16/h4-7H,3,8-9H2,1-2H3,(H2,17,18,19). The van der Waals surface area contributed by atoms with Crippen LogP contribution in [0.15, 0.2) is 29.3 Å². The van der Waals surface area contributed by atoms with Crippen molar-refractivity contribution in [2.75, 3.05) is 13.6 Å². The Labute approximate surface area is 116 Å². The van der Waals surface area contributed by atoms with Gasteiger partial charge in [-0.25, -0.2) is 0 Å². The number of para-hydroxylation sites is 1. The molecule has 112 valence electrons. The molecule has 0 bridgehead atoms. The molecule has 0 saturated carbocycles. The summed E-state index contributed by atoms with van der Waals surface area (Å²) in [6.07, 6.45) is -3.77. The molecule has 0 heterocycles. The summed E-state index contributed by atoms with van der Waals surface area (Å²) in [5.74, 6) is 0.326. The van der Waals surface area contributed by atoms with Gasteiger partial charge in [0.2, 0.25) is 0 Å². The Bertz CT molecular complexity index is 447. The van der Waals surface area contributed by atoms with E-state index in [-0.39, 0.29) is 12.3 Å². The lowest BCUT2D eigenvalue weighted by Gasteiger charge is -2.15. The maximum Gasteiger partial charge on any atom is 0.573 e. The lowest BCUT2D eigenvalue weighted by atomic mass is 10.2. The van der Waals surface area contributed by atoms with Gasteiger partial charge in [-0.3, -0.25) is 4.99 Å². The van der Waals surface area contributed by atoms with E-state index in [1.807, 2.05) is 6.92 Å². The molecule has 0 aromatic heterocycles. The van der Waals surface area contributed by atoms with Crippen molar-refractivity contribution in [3.8, 4) is 5.75 Å². The fourth-order valence-electron chi connectivity index (χ4n) is 1.52. The van der Waals surface area contributed by atoms with Crippen LogP contribution in [0.5, 0.6) is 5.75 Å². The summed E-state index contributed by atoms with van der Waals surface area (Å²) in [5, 5.41) is 5.97. The third kappa shape index (κ3) is 5.81. The fraction of sp³-hybridized carbons (Fsp3) is 0.462. The van der Waals surface area contributed by atoms with Crippen molar-refractivity contribution in [1.82, 2.24) is 10.6 Å². The Morgan fingerprint density at radius 2 is 1.95 bits per heavy atom. The Hall–Kier alpha value is -1.92. The Kier molecular flexibility index (Phi) is 6.14. The molecule has 0 aliphatic heterocycles. The van der Waals surface area contributed by atoms with Gasteiger partial charge >= 0.3 is 6.36 Å². The first kappa shape index (κ1) is 16.1. The van der Waals surface area contributed by atoms with E-state index in [0.717, 1.165) is 13.0 Å². The lowest BCUT2D eigenvalue weighted by molar-refractivity contribution is -0.274. The molecule has 20 heavy (non-hydrogen) atoms. The average Bonchev–Trinajstić information content (AvgIpc) is 2.39. The van der Waals surface area contributed by atoms with Gasteiger partial charge in [0.1, 0.15) is 5.75 Å². The minimum atomic E-state index is -4.70. The quantitative estimate of drug-likeness (QED) is 0.647. The summed E-state index contributed by atoms with van der Waals surface area (Å²) in [4.78, 5) is 3.98. The second-order valence-corrected chi connectivity index (χ2v) is 4.01. The summed E-state index contributed by atoms with van der Waals surface area (Å²) < 4.78 is 40.8. The fourth-order valence-corrected chi connectivity index (χ4v) is 1.52. The number of hydrogen-bond donors (Lipinski definition) is 2. The van der Waals surface area contributed by atoms with Crippen LogP contribution in [0.1, 0.15) is 18.9 Å². The zero-order chi connectivity index (χ0) is 15.0. The maximum absolute atomic E-state index is 12.3. The van der Waals surface area contributed by atoms with Crippen molar-refractivity contribution in [3.05, 3.63) is 29.8 Å². The molecule has 1 rings (SSSR count). The van der Waals surface area contributed by atoms with Gasteiger partial charge in [-0.15, -0.1) is 13.2 Å². The largest absolute Gasteiger partial charge is 0.573 e. The van der Waals surface area contributed by atoms with Crippen LogP contribution >= 0.6 is 0 Å². The number of nitrogens with one attached hydrogen (secondary N) is 2. The Morgan fingerprint density at radius 1 is 1.25 bits per heavy atom. The van der Waals surface area contributed by atoms with E-state index in [4.69, 9.17) is 0 Å². The van der Waals surface area contributed by atoms with Crippen molar-refractivity contribution < 1.29 is 17.9 Å². The molecule has 1 aromatic rings. The van der Waals surface area contributed by atoms with E-state index in [2.05, 4.69) is 20.4 Å². The van der Waals surface area contributed by atoms with Crippen molar-refractivity contribution in [1.29, 1.82) is 0 Å². The number of alkyl halides is 3. The predicted molar refractivity (Wildman–Crippen MR) is 71.6 cm³/mol. The highest BCUT2D eigenvalue weighted by atomic mass is 19.4. The molecule has 0 saturated heterocycles. The molecule has 4 nitrogen and oxygen atoms in total. The smallest absolute Gasteiger partial charge is 0.405 e. The second-order valence-electron chi connectivity index (χ2n) is 4.01. The van der Waals surface area contributed by atoms with Crippen LogP contribution in [0.3, 0.4) is 0 Å². The zero-order valence-electron chi connectivity index (χ0n) is 11.4. The van der Waals surface area contributed by atoms with Crippen LogP contribution in [0.4, 0.5) is 13.2 Å². The first-order valence-corrected chi connectivity index (χ1v) is 6.24. The summed E-state index contributed by atoms with van der Waals surface area (Å²) in [5.41, 5.74) is 0.407. The summed E-state index contributed by atoms with van der Waals surface area (Å²) >= 11 is 0. The molecule has 7 heteroatoms. The Morgan fingerprint density at radius 3 is 2.55 bits per heavy atom. The summed E-state index contributed by atoms with van der Waals surface area (Å²) in [6, 6.07) is 6.01. The van der Waals surface area contributed by atoms with E-state index >= 15 is 0 Å². The van der Waals surface area contributed by atoms with Crippen LogP contribution in [-0.2, 0) is 6.54 Å². The minimum Gasteiger partial charge on any atom is -0.405 e. The van der Waals surface area contributed by atoms with Crippen LogP contribution in [-0.4, -0.2) is 25.9 Å². The van der Waals surface area contributed by atoms with E-state index in [1.165, 1.54) is 12.1 Å². The molecule has 2 N–H and O–H groups in total. The van der Waals surface area contributed by atoms with Gasteiger partial charge in [0.25, 0.3) is 0 Å². The minimum absolute atomic E-state index is 0.190. The first-order valence-electron chi connectivity index (χ1n) is 6.24. The number of rotatable bonds is 5. The lowest BCUT2D eigenvalue weighted by Crippen LogP contribution is -2.37. The molecule has 0 spiro atoms. The molecule has 0 atom stereocenters. The van der Waals surface area contributed by atoms with Crippen molar-refractivity contribution >= 4 is 5.96 Å². The normalized spacial score (nSPS) is 12.2. The number of benzene rings is 1. The highest BCUT2D eigenvalue weighted by Gasteiger charge is 2.31. The number of nitrogens with zero attached hydrogens (tertiary/aromatic N) is 1. The molecule has 0 aliphatic carbocycles. The van der Waals surface area contributed by atoms with Gasteiger partial charge in [-0.05, 0) is 12.5 Å². The number of hydrogen-bond acceptors (Lipinski definition) is 2. The molecule has 0 radical (unpaired) electrons. The van der Waals surface area contributed by atoms with Gasteiger partial charge in [-0.1, -0.05) is 25.1 Å². The third-order valence-corrected chi connectivity index (χ3v) is 2.41. The van der Waals surface area contributed by atoms with Gasteiger partial charge in [-0.2, -0.15) is 0 Å². The summed E-state index contributed by atoms with van der Waals surface area (Å²) in [7, 11) is 1.60. The zero-order valence-corrected chi connectivity index (χ0v) is 11.4. The number of guanidine groups is 1. The first-order chi connectivity index (χ1) is 9.46. The molecule has 0 fully saturated rings. The van der Waals surface area contributed by atoms with Crippen LogP contribution in [0.2, 0.25) is 0 Å². The highest BCUT2D eigenvalue weighted by molar-refractivity contribution is 5.79. The van der Waals surface area contributed by atoms with Crippen molar-refractivity contribution in [3.63, 3.8) is 0 Å². The third-order valence-electron chi connectivity index (χ3n) is 2.41. The SMILES string of the molecule is CCCNC(=NC)NCc1ccccc1OC(F)(F)F. The summed E-state index contributed by atoms with van der Waals surface area (Å²) in [6.45, 7) is 2.93. The highest BCUT2D eigenvalue weighted by Crippen LogP contribution is 2.25. The van der Waals surface area contributed by atoms with E-state index in [9.17, 15) is 13.2 Å².